The van der Waals surface area contributed by atoms with E-state index in [1.807, 2.05) is 0 Å². The standard InChI is InChI=1S/C9H17N/c1-8-4-5-10-7-9(2,3)6-8/h4-5,8,10H,6-7H2,1-3H3. The van der Waals surface area contributed by atoms with Crippen LogP contribution >= 0.6 is 0 Å². The molecule has 1 aliphatic heterocycles. The Bertz CT molecular complexity index is 136. The Hall–Kier alpha value is -0.460. The van der Waals surface area contributed by atoms with Crippen molar-refractivity contribution < 1.29 is 0 Å². The molecule has 0 bridgehead atoms. The lowest BCUT2D eigenvalue weighted by Crippen LogP contribution is -2.25. The normalized spacial score (nSPS) is 30.9. The van der Waals surface area contributed by atoms with E-state index in [1.54, 1.807) is 0 Å². The van der Waals surface area contributed by atoms with E-state index in [9.17, 15) is 0 Å². The fourth-order valence-corrected chi connectivity index (χ4v) is 1.58. The van der Waals surface area contributed by atoms with Crippen molar-refractivity contribution in [1.29, 1.82) is 0 Å². The van der Waals surface area contributed by atoms with Gasteiger partial charge in [-0.2, -0.15) is 0 Å². The predicted molar refractivity (Wildman–Crippen MR) is 44.7 cm³/mol. The third-order valence-electron chi connectivity index (χ3n) is 2.00. The quantitative estimate of drug-likeness (QED) is 0.542. The molecule has 10 heavy (non-hydrogen) atoms. The van der Waals surface area contributed by atoms with Crippen molar-refractivity contribution in [2.75, 3.05) is 6.54 Å². The highest BCUT2D eigenvalue weighted by molar-refractivity contribution is 4.93. The van der Waals surface area contributed by atoms with Gasteiger partial charge in [-0.25, -0.2) is 0 Å². The van der Waals surface area contributed by atoms with Crippen LogP contribution in [0.5, 0.6) is 0 Å². The van der Waals surface area contributed by atoms with E-state index >= 15 is 0 Å². The van der Waals surface area contributed by atoms with Crippen LogP contribution in [0, 0.1) is 11.3 Å². The zero-order valence-corrected chi connectivity index (χ0v) is 7.15. The topological polar surface area (TPSA) is 12.0 Å². The molecule has 1 heteroatoms. The molecule has 0 aromatic rings. The molecular weight excluding hydrogens is 122 g/mol. The zero-order valence-electron chi connectivity index (χ0n) is 7.15. The van der Waals surface area contributed by atoms with Gasteiger partial charge in [0.1, 0.15) is 0 Å². The number of nitrogens with one attached hydrogen (secondary N) is 1. The minimum atomic E-state index is 0.461. The number of rotatable bonds is 0. The molecule has 1 unspecified atom stereocenters. The van der Waals surface area contributed by atoms with Crippen LogP contribution in [0.2, 0.25) is 0 Å². The van der Waals surface area contributed by atoms with E-state index in [0.29, 0.717) is 5.41 Å². The summed E-state index contributed by atoms with van der Waals surface area (Å²) < 4.78 is 0. The SMILES string of the molecule is CC1C=CNCC(C)(C)C1. The van der Waals surface area contributed by atoms with Crippen LogP contribution in [-0.4, -0.2) is 6.54 Å². The first-order valence-corrected chi connectivity index (χ1v) is 4.00. The van der Waals surface area contributed by atoms with Crippen LogP contribution < -0.4 is 5.32 Å². The Morgan fingerprint density at radius 1 is 1.50 bits per heavy atom. The van der Waals surface area contributed by atoms with Gasteiger partial charge in [0.25, 0.3) is 0 Å². The molecule has 1 atom stereocenters. The van der Waals surface area contributed by atoms with Crippen molar-refractivity contribution in [2.24, 2.45) is 11.3 Å². The first-order chi connectivity index (χ1) is 4.60. The molecule has 1 nitrogen and oxygen atoms in total. The van der Waals surface area contributed by atoms with E-state index in [0.717, 1.165) is 12.5 Å². The second-order valence-corrected chi connectivity index (χ2v) is 4.09. The van der Waals surface area contributed by atoms with Crippen LogP contribution in [-0.2, 0) is 0 Å². The molecule has 1 rings (SSSR count). The van der Waals surface area contributed by atoms with Gasteiger partial charge >= 0.3 is 0 Å². The molecule has 0 spiro atoms. The summed E-state index contributed by atoms with van der Waals surface area (Å²) in [4.78, 5) is 0. The van der Waals surface area contributed by atoms with Crippen molar-refractivity contribution in [1.82, 2.24) is 5.32 Å². The van der Waals surface area contributed by atoms with Gasteiger partial charge in [0.15, 0.2) is 0 Å². The van der Waals surface area contributed by atoms with E-state index in [-0.39, 0.29) is 0 Å². The molecule has 0 aromatic heterocycles. The summed E-state index contributed by atoms with van der Waals surface area (Å²) >= 11 is 0. The van der Waals surface area contributed by atoms with Crippen molar-refractivity contribution in [2.45, 2.75) is 27.2 Å². The molecule has 0 aliphatic carbocycles. The Labute approximate surface area is 63.5 Å². The van der Waals surface area contributed by atoms with E-state index in [1.165, 1.54) is 6.42 Å². The van der Waals surface area contributed by atoms with Crippen molar-refractivity contribution in [3.8, 4) is 0 Å². The van der Waals surface area contributed by atoms with Gasteiger partial charge < -0.3 is 5.32 Å². The van der Waals surface area contributed by atoms with Crippen molar-refractivity contribution in [3.05, 3.63) is 12.3 Å². The molecule has 1 N–H and O–H groups in total. The second kappa shape index (κ2) is 2.65. The van der Waals surface area contributed by atoms with Crippen molar-refractivity contribution >= 4 is 0 Å². The second-order valence-electron chi connectivity index (χ2n) is 4.09. The van der Waals surface area contributed by atoms with Gasteiger partial charge in [0.05, 0.1) is 0 Å². The maximum Gasteiger partial charge on any atom is 0.0192 e. The highest BCUT2D eigenvalue weighted by atomic mass is 14.8. The van der Waals surface area contributed by atoms with Crippen LogP contribution in [0.4, 0.5) is 0 Å². The lowest BCUT2D eigenvalue weighted by Gasteiger charge is -2.24. The van der Waals surface area contributed by atoms with E-state index < -0.39 is 0 Å². The largest absolute Gasteiger partial charge is 0.391 e. The van der Waals surface area contributed by atoms with Crippen LogP contribution in [0.25, 0.3) is 0 Å². The molecule has 0 saturated carbocycles. The zero-order chi connectivity index (χ0) is 7.61. The maximum absolute atomic E-state index is 3.29. The summed E-state index contributed by atoms with van der Waals surface area (Å²) in [6.07, 6.45) is 5.62. The average molecular weight is 139 g/mol. The highest BCUT2D eigenvalue weighted by Gasteiger charge is 2.20. The first-order valence-electron chi connectivity index (χ1n) is 4.00. The van der Waals surface area contributed by atoms with Gasteiger partial charge in [-0.05, 0) is 24.0 Å². The average Bonchev–Trinajstić information content (AvgIpc) is 1.90. The van der Waals surface area contributed by atoms with Gasteiger partial charge in [-0.15, -0.1) is 0 Å². The summed E-state index contributed by atoms with van der Waals surface area (Å²) in [5.74, 6) is 0.727. The minimum Gasteiger partial charge on any atom is -0.391 e. The molecular formula is C9H17N. The molecule has 0 aromatic carbocycles. The van der Waals surface area contributed by atoms with Crippen molar-refractivity contribution in [3.63, 3.8) is 0 Å². The van der Waals surface area contributed by atoms with E-state index in [2.05, 4.69) is 38.4 Å². The Morgan fingerprint density at radius 2 is 2.20 bits per heavy atom. The first kappa shape index (κ1) is 7.64. The lowest BCUT2D eigenvalue weighted by atomic mass is 9.84. The lowest BCUT2D eigenvalue weighted by molar-refractivity contribution is 0.306. The molecule has 0 saturated heterocycles. The Kier molecular flexibility index (Phi) is 2.02. The summed E-state index contributed by atoms with van der Waals surface area (Å²) in [7, 11) is 0. The summed E-state index contributed by atoms with van der Waals surface area (Å²) in [5, 5.41) is 3.29. The fourth-order valence-electron chi connectivity index (χ4n) is 1.58. The van der Waals surface area contributed by atoms with Crippen LogP contribution in [0.15, 0.2) is 12.3 Å². The van der Waals surface area contributed by atoms with Crippen LogP contribution in [0.3, 0.4) is 0 Å². The molecule has 1 heterocycles. The third-order valence-corrected chi connectivity index (χ3v) is 2.00. The number of allylic oxidation sites excluding steroid dienone is 1. The van der Waals surface area contributed by atoms with Gasteiger partial charge in [0.2, 0.25) is 0 Å². The fraction of sp³-hybridized carbons (Fsp3) is 0.778. The number of hydrogen-bond acceptors (Lipinski definition) is 1. The monoisotopic (exact) mass is 139 g/mol. The summed E-state index contributed by atoms with van der Waals surface area (Å²) in [6.45, 7) is 7.99. The molecule has 0 radical (unpaired) electrons. The molecule has 1 aliphatic rings. The minimum absolute atomic E-state index is 0.461. The smallest absolute Gasteiger partial charge is 0.0192 e. The molecule has 0 amide bonds. The third kappa shape index (κ3) is 2.05. The Balaban J connectivity index is 2.55. The summed E-state index contributed by atoms with van der Waals surface area (Å²) in [6, 6.07) is 0. The Morgan fingerprint density at radius 3 is 2.90 bits per heavy atom. The van der Waals surface area contributed by atoms with E-state index in [4.69, 9.17) is 0 Å². The molecule has 0 fully saturated rings. The van der Waals surface area contributed by atoms with Gasteiger partial charge in [-0.1, -0.05) is 26.8 Å². The maximum atomic E-state index is 3.29. The predicted octanol–water partition coefficient (Wildman–Crippen LogP) is 2.16. The van der Waals surface area contributed by atoms with Gasteiger partial charge in [-0.3, -0.25) is 0 Å². The van der Waals surface area contributed by atoms with Crippen LogP contribution in [0.1, 0.15) is 27.2 Å². The molecule has 58 valence electrons. The highest BCUT2D eigenvalue weighted by Crippen LogP contribution is 2.26. The number of hydrogen-bond donors (Lipinski definition) is 1. The summed E-state index contributed by atoms with van der Waals surface area (Å²) in [5.41, 5.74) is 0.461. The van der Waals surface area contributed by atoms with Gasteiger partial charge in [0, 0.05) is 6.54 Å².